The van der Waals surface area contributed by atoms with Gasteiger partial charge < -0.3 is 97.9 Å². The number of likely N-dealkylation sites (N-methyl/N-ethyl adjacent to an activating group) is 1. The van der Waals surface area contributed by atoms with Gasteiger partial charge in [-0.15, -0.1) is 0 Å². The van der Waals surface area contributed by atoms with Crippen LogP contribution in [-0.2, 0) is 75.1 Å². The quantitative estimate of drug-likeness (QED) is 0.0168. The van der Waals surface area contributed by atoms with Gasteiger partial charge in [-0.3, -0.25) is 62.9 Å². The number of nitrogens with one attached hydrogen (secondary N) is 7. The maximum Gasteiger partial charge on any atom is 3.00 e. The van der Waals surface area contributed by atoms with Crippen molar-refractivity contribution < 1.29 is 82.6 Å². The zero-order valence-corrected chi connectivity index (χ0v) is 55.4. The number of hydrogen-bond acceptors (Lipinski definition) is 22. The standard InChI is InChI=1S/C60H87N15O17.In/c1-71-48(9-5-16-63-49(77)33-66-52(80)39-92-29-28-91-27-18-64-51(79)35-72-19-21-73(36-53(81)82)23-25-75(38-55(85)86)26-24-74(22-20-72)37-54(83)84)58(89)69-45(8-4-17-65-60(61)62)57(88)70-46(32-41-10-13-42-6-2-3-7-43(42)30-41)56(87)67-34-50(78)68-47(59(71)90)31-40-11-14-44(76)15-12-40;/h2-3,6-7,10-15,30,45-48,76H,4-5,8-9,16-29,31-39H2,1H3,(H,63,77)(H,64,79)(H,66,80)(H,67,87)(H,68,78)(H,69,89)(H,70,88)(H,81,82)(H,83,84)(H,85,86)(H4,61,62,65);/q;+3/p-3/t45-,46-,47+,48+;/m0./s1. The van der Waals surface area contributed by atoms with Gasteiger partial charge in [0.15, 0.2) is 5.96 Å². The van der Waals surface area contributed by atoms with E-state index in [1.54, 1.807) is 26.8 Å². The maximum atomic E-state index is 14.6. The smallest absolute Gasteiger partial charge is 0.549 e. The molecule has 32 nitrogen and oxygen atoms in total. The number of carboxylic acid groups (broad SMARTS) is 3. The van der Waals surface area contributed by atoms with Crippen LogP contribution in [0.5, 0.6) is 5.75 Å². The van der Waals surface area contributed by atoms with Crippen LogP contribution in [-0.4, -0.2) is 295 Å². The second-order valence-corrected chi connectivity index (χ2v) is 22.1. The molecule has 0 bridgehead atoms. The van der Waals surface area contributed by atoms with Crippen LogP contribution in [0.25, 0.3) is 10.8 Å². The fraction of sp³-hybridized carbons (Fsp3) is 0.533. The van der Waals surface area contributed by atoms with Crippen molar-refractivity contribution >= 4 is 108 Å². The number of nitrogens with two attached hydrogens (primary N) is 2. The normalized spacial score (nSPS) is 18.9. The SMILES string of the molecule is CN1C(=O)[C@@H](Cc2ccc(O)cc2)NC(=O)CNC(=O)[C@H](Cc2ccc3ccccc3c2)NC(=O)[C@H](CCCN=C(N)N)NC(=O)[C@H]1CCCNC(=O)CNC(=O)COCCOCCNC(=O)CN1CCN(CC(=O)[O-])CCN(CC(=O)[O-])CCN(CC(=O)[O-])CC1.[In+3]. The van der Waals surface area contributed by atoms with Crippen molar-refractivity contribution in [1.82, 2.24) is 61.7 Å². The summed E-state index contributed by atoms with van der Waals surface area (Å²) in [4.78, 5) is 155. The van der Waals surface area contributed by atoms with Crippen LogP contribution in [0.2, 0.25) is 0 Å². The first-order chi connectivity index (χ1) is 44.0. The van der Waals surface area contributed by atoms with Gasteiger partial charge in [-0.25, -0.2) is 0 Å². The summed E-state index contributed by atoms with van der Waals surface area (Å²) < 4.78 is 10.9. The number of guanidine groups is 1. The molecule has 0 unspecified atom stereocenters. The van der Waals surface area contributed by atoms with E-state index in [0.717, 1.165) is 15.7 Å². The average Bonchev–Trinajstić information content (AvgIpc) is 1.56. The summed E-state index contributed by atoms with van der Waals surface area (Å²) in [7, 11) is 1.35. The average molecular weight is 1400 g/mol. The summed E-state index contributed by atoms with van der Waals surface area (Å²) in [5.41, 5.74) is 12.3. The number of amides is 8. The van der Waals surface area contributed by atoms with E-state index in [1.807, 2.05) is 42.5 Å². The first kappa shape index (κ1) is 77.2. The Morgan fingerprint density at radius 2 is 1.14 bits per heavy atom. The van der Waals surface area contributed by atoms with Crippen LogP contribution in [0, 0.1) is 0 Å². The number of nitrogens with zero attached hydrogens (tertiary/aromatic N) is 6. The van der Waals surface area contributed by atoms with Gasteiger partial charge >= 0.3 is 25.8 Å². The molecule has 0 aromatic heterocycles. The van der Waals surface area contributed by atoms with Gasteiger partial charge in [0.05, 0.1) is 57.4 Å². The van der Waals surface area contributed by atoms with Gasteiger partial charge in [0.1, 0.15) is 36.5 Å². The van der Waals surface area contributed by atoms with Crippen LogP contribution in [0.15, 0.2) is 71.7 Å². The fourth-order valence-corrected chi connectivity index (χ4v) is 10.1. The van der Waals surface area contributed by atoms with Crippen molar-refractivity contribution in [3.05, 3.63) is 77.9 Å². The minimum Gasteiger partial charge on any atom is -0.549 e. The zero-order valence-electron chi connectivity index (χ0n) is 52.1. The van der Waals surface area contributed by atoms with Gasteiger partial charge in [0.2, 0.25) is 47.3 Å². The molecule has 8 amide bonds. The van der Waals surface area contributed by atoms with Crippen LogP contribution in [0.4, 0.5) is 0 Å². The molecule has 93 heavy (non-hydrogen) atoms. The molecular formula is C60H84InN15O17. The minimum atomic E-state index is -1.34. The van der Waals surface area contributed by atoms with Gasteiger partial charge in [0, 0.05) is 112 Å². The van der Waals surface area contributed by atoms with E-state index >= 15 is 0 Å². The van der Waals surface area contributed by atoms with Crippen molar-refractivity contribution in [2.45, 2.75) is 62.7 Å². The molecule has 2 heterocycles. The largest absolute Gasteiger partial charge is 3.00 e. The van der Waals surface area contributed by atoms with E-state index in [1.165, 1.54) is 24.1 Å². The molecule has 0 radical (unpaired) electrons. The summed E-state index contributed by atoms with van der Waals surface area (Å²) in [6, 6.07) is 13.9. The molecule has 0 aliphatic carbocycles. The predicted molar refractivity (Wildman–Crippen MR) is 331 cm³/mol. The van der Waals surface area contributed by atoms with Gasteiger partial charge in [-0.05, 0) is 59.7 Å². The van der Waals surface area contributed by atoms with Crippen molar-refractivity contribution in [2.24, 2.45) is 16.5 Å². The second-order valence-electron chi connectivity index (χ2n) is 22.1. The Morgan fingerprint density at radius 3 is 1.74 bits per heavy atom. The molecule has 2 saturated heterocycles. The molecule has 2 aliphatic heterocycles. The van der Waals surface area contributed by atoms with E-state index in [4.69, 9.17) is 20.9 Å². The number of benzene rings is 3. The monoisotopic (exact) mass is 1400 g/mol. The molecule has 2 fully saturated rings. The summed E-state index contributed by atoms with van der Waals surface area (Å²) in [5, 5.41) is 64.7. The van der Waals surface area contributed by atoms with Crippen molar-refractivity contribution in [3.63, 3.8) is 0 Å². The molecule has 12 N–H and O–H groups in total. The Balaban J connectivity index is 0.0000184. The van der Waals surface area contributed by atoms with Crippen molar-refractivity contribution in [3.8, 4) is 5.75 Å². The number of carbonyl (C=O) groups excluding carboxylic acids is 11. The number of ether oxygens (including phenoxy) is 2. The van der Waals surface area contributed by atoms with Crippen LogP contribution >= 0.6 is 0 Å². The number of phenolic OH excluding ortho intramolecular Hbond substituents is 1. The number of aliphatic carboxylic acids is 3. The van der Waals surface area contributed by atoms with Crippen molar-refractivity contribution in [2.75, 3.05) is 145 Å². The number of carboxylic acids is 3. The third-order valence-electron chi connectivity index (χ3n) is 15.0. The maximum absolute atomic E-state index is 14.6. The molecule has 504 valence electrons. The number of aromatic hydroxyl groups is 1. The number of rotatable bonds is 30. The van der Waals surface area contributed by atoms with E-state index < -0.39 is 129 Å². The number of carbonyl (C=O) groups is 11. The molecule has 33 heteroatoms. The summed E-state index contributed by atoms with van der Waals surface area (Å²) >= 11 is 0. The fourth-order valence-electron chi connectivity index (χ4n) is 10.1. The summed E-state index contributed by atoms with van der Waals surface area (Å²) in [5.74, 6) is -9.58. The van der Waals surface area contributed by atoms with Crippen LogP contribution < -0.4 is 64.0 Å². The Hall–Kier alpha value is -8.21. The van der Waals surface area contributed by atoms with E-state index in [2.05, 4.69) is 42.2 Å². The van der Waals surface area contributed by atoms with Gasteiger partial charge in [0.25, 0.3) is 0 Å². The second kappa shape index (κ2) is 41.4. The van der Waals surface area contributed by atoms with Crippen LogP contribution in [0.3, 0.4) is 0 Å². The molecule has 5 rings (SSSR count). The van der Waals surface area contributed by atoms with E-state index in [0.29, 0.717) is 11.1 Å². The summed E-state index contributed by atoms with van der Waals surface area (Å²) in [6.07, 6.45) is 0.0730. The molecule has 2 aliphatic rings. The Kier molecular flexibility index (Phi) is 34.4. The Morgan fingerprint density at radius 1 is 0.591 bits per heavy atom. The zero-order chi connectivity index (χ0) is 67.0. The summed E-state index contributed by atoms with van der Waals surface area (Å²) in [6.45, 7) is -1.29. The van der Waals surface area contributed by atoms with Crippen molar-refractivity contribution in [1.29, 1.82) is 0 Å². The third-order valence-corrected chi connectivity index (χ3v) is 15.0. The van der Waals surface area contributed by atoms with Crippen LogP contribution in [0.1, 0.15) is 36.8 Å². The van der Waals surface area contributed by atoms with E-state index in [-0.39, 0.29) is 174 Å². The van der Waals surface area contributed by atoms with Gasteiger partial charge in [-0.1, -0.05) is 54.6 Å². The predicted octanol–water partition coefficient (Wildman–Crippen LogP) is -8.95. The molecule has 4 atom stereocenters. The molecule has 3 aromatic rings. The van der Waals surface area contributed by atoms with E-state index in [9.17, 15) is 73.2 Å². The number of phenols is 1. The minimum absolute atomic E-state index is 0. The molecule has 0 saturated carbocycles. The number of fused-ring (bicyclic) bond motifs is 1. The molecule has 0 spiro atoms. The third kappa shape index (κ3) is 30.0. The van der Waals surface area contributed by atoms with Gasteiger partial charge in [-0.2, -0.15) is 0 Å². The first-order valence-corrected chi connectivity index (χ1v) is 30.2. The first-order valence-electron chi connectivity index (χ1n) is 30.2. The topological polar surface area (TPSA) is 460 Å². The molecule has 3 aromatic carbocycles. The Labute approximate surface area is 557 Å². The number of hydrogen-bond donors (Lipinski definition) is 10. The molecular weight excluding hydrogens is 1320 g/mol. The Bertz CT molecular complexity index is 2980. The number of aliphatic imine (C=N–C) groups is 1.